The van der Waals surface area contributed by atoms with Gasteiger partial charge in [0.05, 0.1) is 79.1 Å². The van der Waals surface area contributed by atoms with E-state index in [4.69, 9.17) is 107 Å². The van der Waals surface area contributed by atoms with Crippen molar-refractivity contribution >= 4 is 144 Å². The van der Waals surface area contributed by atoms with E-state index in [1.807, 2.05) is 24.3 Å². The first-order valence-electron chi connectivity index (χ1n) is 22.8. The van der Waals surface area contributed by atoms with Crippen LogP contribution in [0.4, 0.5) is 0 Å². The average Bonchev–Trinajstić information content (AvgIpc) is 3.36. The van der Waals surface area contributed by atoms with Gasteiger partial charge in [0.25, 0.3) is 11.8 Å². The third-order valence-electron chi connectivity index (χ3n) is 11.4. The summed E-state index contributed by atoms with van der Waals surface area (Å²) in [5.74, 6) is -3.86. The number of nitrogens with one attached hydrogen (secondary N) is 2. The van der Waals surface area contributed by atoms with Crippen LogP contribution in [0.2, 0.25) is 40.2 Å². The van der Waals surface area contributed by atoms with Gasteiger partial charge in [0.2, 0.25) is 6.79 Å². The predicted octanol–water partition coefficient (Wildman–Crippen LogP) is 14.9. The molecule has 6 aromatic carbocycles. The fraction of sp³-hybridized carbons (Fsp3) is 0.161. The van der Waals surface area contributed by atoms with Crippen LogP contribution in [-0.2, 0) is 36.7 Å². The van der Waals surface area contributed by atoms with E-state index in [2.05, 4.69) is 15.6 Å². The molecule has 2 unspecified atom stereocenters. The number of benzene rings is 6. The summed E-state index contributed by atoms with van der Waals surface area (Å²) in [5.41, 5.74) is 4.55. The first-order valence-corrected chi connectivity index (χ1v) is 25.9. The molecular formula is C56H42Cl8N4O8. The van der Waals surface area contributed by atoms with Crippen LogP contribution in [0.15, 0.2) is 133 Å². The molecular weight excluding hydrogens is 1140 g/mol. The van der Waals surface area contributed by atoms with Crippen molar-refractivity contribution in [1.82, 2.24) is 20.6 Å². The van der Waals surface area contributed by atoms with E-state index < -0.39 is 54.0 Å². The number of nitrogens with zero attached hydrogens (tertiary/aromatic N) is 2. The summed E-state index contributed by atoms with van der Waals surface area (Å²) < 4.78 is 10.3. The topological polar surface area (TPSA) is 174 Å². The highest BCUT2D eigenvalue weighted by molar-refractivity contribution is 6.41. The molecule has 0 fully saturated rings. The molecule has 8 rings (SSSR count). The van der Waals surface area contributed by atoms with Crippen molar-refractivity contribution in [3.63, 3.8) is 0 Å². The molecule has 20 heteroatoms. The molecule has 0 bridgehead atoms. The Balaban J connectivity index is 0.000000226. The summed E-state index contributed by atoms with van der Waals surface area (Å²) >= 11 is 49.9. The molecule has 2 amide bonds. The Morgan fingerprint density at radius 1 is 0.500 bits per heavy atom. The van der Waals surface area contributed by atoms with E-state index in [-0.39, 0.29) is 44.1 Å². The van der Waals surface area contributed by atoms with Gasteiger partial charge in [-0.2, -0.15) is 0 Å². The van der Waals surface area contributed by atoms with Crippen LogP contribution in [0.3, 0.4) is 0 Å². The Morgan fingerprint density at radius 2 is 0.868 bits per heavy atom. The van der Waals surface area contributed by atoms with Crippen molar-refractivity contribution in [2.24, 2.45) is 5.41 Å². The summed E-state index contributed by atoms with van der Waals surface area (Å²) in [6.07, 6.45) is 0.102. The maximum atomic E-state index is 13.1. The number of rotatable bonds is 14. The molecule has 0 aliphatic carbocycles. The zero-order valence-corrected chi connectivity index (χ0v) is 46.2. The number of esters is 2. The molecule has 0 aliphatic heterocycles. The smallest absolute Gasteiger partial charge is 0.331 e. The Bertz CT molecular complexity index is 3470. The Morgan fingerprint density at radius 3 is 1.25 bits per heavy atom. The Labute approximate surface area is 476 Å². The zero-order chi connectivity index (χ0) is 55.0. The van der Waals surface area contributed by atoms with Crippen LogP contribution in [0.25, 0.3) is 44.3 Å². The highest BCUT2D eigenvalue weighted by Crippen LogP contribution is 2.36. The minimum atomic E-state index is -1.19. The number of amides is 2. The van der Waals surface area contributed by atoms with Gasteiger partial charge in [-0.05, 0) is 117 Å². The lowest BCUT2D eigenvalue weighted by Crippen LogP contribution is -2.44. The van der Waals surface area contributed by atoms with Crippen molar-refractivity contribution in [2.75, 3.05) is 6.79 Å². The molecule has 2 aromatic heterocycles. The maximum absolute atomic E-state index is 13.1. The van der Waals surface area contributed by atoms with E-state index in [0.717, 1.165) is 10.8 Å². The first kappa shape index (κ1) is 57.5. The van der Waals surface area contributed by atoms with Gasteiger partial charge < -0.3 is 25.2 Å². The fourth-order valence-electron chi connectivity index (χ4n) is 7.58. The molecule has 3 N–H and O–H groups in total. The van der Waals surface area contributed by atoms with Gasteiger partial charge in [0.1, 0.15) is 12.1 Å². The molecule has 0 saturated carbocycles. The Hall–Kier alpha value is -6.19. The molecule has 12 nitrogen and oxygen atoms in total. The minimum absolute atomic E-state index is 0.0197. The molecule has 2 atom stereocenters. The quantitative estimate of drug-likeness (QED) is 0.0702. The molecule has 2 heterocycles. The summed E-state index contributed by atoms with van der Waals surface area (Å²) in [6.45, 7) is 4.42. The van der Waals surface area contributed by atoms with Crippen molar-refractivity contribution in [1.29, 1.82) is 0 Å². The van der Waals surface area contributed by atoms with E-state index >= 15 is 0 Å². The number of halogens is 8. The van der Waals surface area contributed by atoms with Crippen LogP contribution in [0.5, 0.6) is 0 Å². The largest absolute Gasteiger partial charge is 0.480 e. The van der Waals surface area contributed by atoms with E-state index in [1.165, 1.54) is 24.3 Å². The van der Waals surface area contributed by atoms with Gasteiger partial charge in [-0.25, -0.2) is 19.6 Å². The number of hydrogen-bond donors (Lipinski definition) is 3. The second-order valence-corrected chi connectivity index (χ2v) is 21.2. The average molecular weight is 1180 g/mol. The molecule has 0 saturated heterocycles. The number of hydrogen-bond acceptors (Lipinski definition) is 9. The van der Waals surface area contributed by atoms with Crippen molar-refractivity contribution < 1.29 is 38.6 Å². The fourth-order valence-corrected chi connectivity index (χ4v) is 9.90. The summed E-state index contributed by atoms with van der Waals surface area (Å²) in [4.78, 5) is 72.2. The number of carbonyl (C=O) groups excluding carboxylic acids is 4. The monoisotopic (exact) mass is 1180 g/mol. The number of carbonyl (C=O) groups is 5. The predicted molar refractivity (Wildman–Crippen MR) is 301 cm³/mol. The number of carboxylic acid groups (broad SMARTS) is 1. The lowest BCUT2D eigenvalue weighted by Gasteiger charge is -2.20. The van der Waals surface area contributed by atoms with E-state index in [0.29, 0.717) is 64.8 Å². The Kier molecular flexibility index (Phi) is 19.2. The van der Waals surface area contributed by atoms with Crippen LogP contribution in [0, 0.1) is 5.41 Å². The maximum Gasteiger partial charge on any atom is 0.331 e. The normalized spacial score (nSPS) is 12.0. The molecule has 390 valence electrons. The van der Waals surface area contributed by atoms with Gasteiger partial charge in [-0.3, -0.25) is 14.4 Å². The number of carboxylic acids is 1. The summed E-state index contributed by atoms with van der Waals surface area (Å²) in [7, 11) is 0. The standard InChI is InChI=1S/C31H26Cl4N2O5.C25H16Cl4N2O3/c1-31(2,3)30(40)42-16-41-29(39)25(37-28(38)27-21(34)8-5-9-22(27)35)15-17-10-12-23-18(14-17)11-13-24(36-23)26-19(32)6-4-7-20(26)33;26-15-3-1-4-16(27)22(15)20-10-8-14-11-13(7-9-19(14)30-20)12-21(25(33)34)31-24(32)23-17(28)5-2-6-18(23)29/h4-14,25H,15-16H2,1-3H3,(H,37,38);1-11,21H,12H2,(H,31,32)(H,33,34). The second kappa shape index (κ2) is 25.3. The van der Waals surface area contributed by atoms with E-state index in [9.17, 15) is 29.1 Å². The van der Waals surface area contributed by atoms with Crippen LogP contribution in [0.1, 0.15) is 52.6 Å². The van der Waals surface area contributed by atoms with Crippen LogP contribution >= 0.6 is 92.8 Å². The number of fused-ring (bicyclic) bond motifs is 2. The lowest BCUT2D eigenvalue weighted by molar-refractivity contribution is -0.174. The second-order valence-electron chi connectivity index (χ2n) is 17.9. The number of aliphatic carboxylic acids is 1. The SMILES string of the molecule is CC(C)(C)C(=O)OCOC(=O)C(Cc1ccc2nc(-c3c(Cl)cccc3Cl)ccc2c1)NC(=O)c1c(Cl)cccc1Cl.O=C(NC(Cc1ccc2nc(-c3c(Cl)cccc3Cl)ccc2c1)C(=O)O)c1c(Cl)cccc1Cl. The summed E-state index contributed by atoms with van der Waals surface area (Å²) in [6, 6.07) is 35.5. The minimum Gasteiger partial charge on any atom is -0.480 e. The van der Waals surface area contributed by atoms with Gasteiger partial charge in [-0.15, -0.1) is 0 Å². The van der Waals surface area contributed by atoms with Gasteiger partial charge in [0.15, 0.2) is 0 Å². The third kappa shape index (κ3) is 14.2. The van der Waals surface area contributed by atoms with Gasteiger partial charge >= 0.3 is 17.9 Å². The molecule has 0 radical (unpaired) electrons. The first-order chi connectivity index (χ1) is 36.1. The number of aromatic nitrogens is 2. The molecule has 0 aliphatic rings. The number of pyridine rings is 2. The molecule has 76 heavy (non-hydrogen) atoms. The summed E-state index contributed by atoms with van der Waals surface area (Å²) in [5, 5.41) is 18.9. The number of ether oxygens (including phenoxy) is 2. The van der Waals surface area contributed by atoms with Gasteiger partial charge in [0, 0.05) is 34.7 Å². The third-order valence-corrected chi connectivity index (χ3v) is 13.9. The molecule has 8 aromatic rings. The highest BCUT2D eigenvalue weighted by Gasteiger charge is 2.29. The van der Waals surface area contributed by atoms with Crippen LogP contribution < -0.4 is 10.6 Å². The van der Waals surface area contributed by atoms with Gasteiger partial charge in [-0.1, -0.05) is 141 Å². The van der Waals surface area contributed by atoms with Crippen molar-refractivity contribution in [3.05, 3.63) is 196 Å². The van der Waals surface area contributed by atoms with Crippen LogP contribution in [-0.4, -0.2) is 63.7 Å². The zero-order valence-electron chi connectivity index (χ0n) is 40.2. The van der Waals surface area contributed by atoms with E-state index in [1.54, 1.807) is 106 Å². The highest BCUT2D eigenvalue weighted by atomic mass is 35.5. The lowest BCUT2D eigenvalue weighted by atomic mass is 9.98. The molecule has 0 spiro atoms. The van der Waals surface area contributed by atoms with Crippen molar-refractivity contribution in [3.8, 4) is 22.5 Å². The van der Waals surface area contributed by atoms with Crippen molar-refractivity contribution in [2.45, 2.75) is 45.7 Å².